The molecule has 6 nitrogen and oxygen atoms in total. The molecule has 3 aromatic rings. The summed E-state index contributed by atoms with van der Waals surface area (Å²) in [7, 11) is 1.61. The van der Waals surface area contributed by atoms with Crippen molar-refractivity contribution in [2.45, 2.75) is 6.92 Å². The minimum Gasteiger partial charge on any atom is -0.495 e. The smallest absolute Gasteiger partial charge is 0.257 e. The molecule has 0 bridgehead atoms. The van der Waals surface area contributed by atoms with Crippen molar-refractivity contribution in [1.82, 2.24) is 10.2 Å². The minimum absolute atomic E-state index is 0.210. The van der Waals surface area contributed by atoms with Gasteiger partial charge in [0.05, 0.1) is 12.8 Å². The molecule has 0 fully saturated rings. The summed E-state index contributed by atoms with van der Waals surface area (Å²) in [6.07, 6.45) is 0. The van der Waals surface area contributed by atoms with E-state index in [9.17, 15) is 4.79 Å². The highest BCUT2D eigenvalue weighted by molar-refractivity contribution is 6.04. The van der Waals surface area contributed by atoms with Crippen molar-refractivity contribution >= 4 is 23.2 Å². The lowest BCUT2D eigenvalue weighted by Crippen LogP contribution is -2.14. The third-order valence-corrected chi connectivity index (χ3v) is 3.67. The molecule has 0 aliphatic heterocycles. The van der Waals surface area contributed by atoms with E-state index in [1.807, 2.05) is 49.4 Å². The zero-order valence-corrected chi connectivity index (χ0v) is 14.0. The lowest BCUT2D eigenvalue weighted by Gasteiger charge is -2.10. The van der Waals surface area contributed by atoms with Crippen molar-refractivity contribution in [1.29, 1.82) is 0 Å². The minimum atomic E-state index is -0.210. The topological polar surface area (TPSA) is 76.1 Å². The second-order valence-corrected chi connectivity index (χ2v) is 5.40. The van der Waals surface area contributed by atoms with Crippen LogP contribution in [0.4, 0.5) is 17.3 Å². The zero-order chi connectivity index (χ0) is 17.6. The van der Waals surface area contributed by atoms with E-state index in [1.54, 1.807) is 25.3 Å². The monoisotopic (exact) mass is 334 g/mol. The highest BCUT2D eigenvalue weighted by Crippen LogP contribution is 2.26. The first-order valence-corrected chi connectivity index (χ1v) is 7.78. The predicted molar refractivity (Wildman–Crippen MR) is 97.4 cm³/mol. The molecule has 3 rings (SSSR count). The Morgan fingerprint density at radius 1 is 0.920 bits per heavy atom. The van der Waals surface area contributed by atoms with Crippen LogP contribution in [0.2, 0.25) is 0 Å². The van der Waals surface area contributed by atoms with E-state index in [1.165, 1.54) is 0 Å². The number of hydrogen-bond donors (Lipinski definition) is 2. The van der Waals surface area contributed by atoms with Crippen LogP contribution in [-0.2, 0) is 0 Å². The molecule has 25 heavy (non-hydrogen) atoms. The van der Waals surface area contributed by atoms with E-state index in [0.29, 0.717) is 22.9 Å². The number of nitrogens with one attached hydrogen (secondary N) is 2. The van der Waals surface area contributed by atoms with Crippen LogP contribution in [0.25, 0.3) is 0 Å². The Labute approximate surface area is 145 Å². The van der Waals surface area contributed by atoms with Gasteiger partial charge in [0.1, 0.15) is 5.75 Å². The zero-order valence-electron chi connectivity index (χ0n) is 14.0. The van der Waals surface area contributed by atoms with Gasteiger partial charge < -0.3 is 15.4 Å². The summed E-state index contributed by atoms with van der Waals surface area (Å²) >= 11 is 0. The number of aromatic nitrogens is 2. The van der Waals surface area contributed by atoms with Gasteiger partial charge in [0, 0.05) is 5.56 Å². The molecule has 0 radical (unpaired) electrons. The van der Waals surface area contributed by atoms with Gasteiger partial charge >= 0.3 is 0 Å². The molecule has 126 valence electrons. The summed E-state index contributed by atoms with van der Waals surface area (Å²) in [5.41, 5.74) is 2.30. The Balaban J connectivity index is 1.70. The normalized spacial score (nSPS) is 10.2. The molecular weight excluding hydrogens is 316 g/mol. The number of methoxy groups -OCH3 is 1. The van der Waals surface area contributed by atoms with Crippen molar-refractivity contribution < 1.29 is 9.53 Å². The Kier molecular flexibility index (Phi) is 4.89. The summed E-state index contributed by atoms with van der Waals surface area (Å²) in [4.78, 5) is 12.3. The number of aryl methyl sites for hydroxylation is 1. The maximum atomic E-state index is 12.3. The molecule has 0 aliphatic rings. The van der Waals surface area contributed by atoms with Gasteiger partial charge in [-0.25, -0.2) is 0 Å². The average Bonchev–Trinajstić information content (AvgIpc) is 2.64. The third kappa shape index (κ3) is 3.92. The van der Waals surface area contributed by atoms with Crippen LogP contribution in [0.5, 0.6) is 5.75 Å². The predicted octanol–water partition coefficient (Wildman–Crippen LogP) is 3.79. The summed E-state index contributed by atoms with van der Waals surface area (Å²) in [6, 6.07) is 18.3. The molecule has 1 amide bonds. The average molecular weight is 334 g/mol. The van der Waals surface area contributed by atoms with Crippen molar-refractivity contribution in [3.8, 4) is 5.75 Å². The molecule has 1 heterocycles. The van der Waals surface area contributed by atoms with Crippen LogP contribution >= 0.6 is 0 Å². The number of nitrogens with zero attached hydrogens (tertiary/aromatic N) is 2. The van der Waals surface area contributed by atoms with E-state index < -0.39 is 0 Å². The molecule has 2 N–H and O–H groups in total. The lowest BCUT2D eigenvalue weighted by molar-refractivity contribution is 0.102. The summed E-state index contributed by atoms with van der Waals surface area (Å²) in [6.45, 7) is 1.89. The van der Waals surface area contributed by atoms with Crippen LogP contribution in [0.15, 0.2) is 60.7 Å². The Morgan fingerprint density at radius 2 is 1.60 bits per heavy atom. The van der Waals surface area contributed by atoms with Gasteiger partial charge in [-0.05, 0) is 42.8 Å². The van der Waals surface area contributed by atoms with Crippen LogP contribution in [0.3, 0.4) is 0 Å². The molecule has 0 atom stereocenters. The summed E-state index contributed by atoms with van der Waals surface area (Å²) < 4.78 is 5.29. The first-order chi connectivity index (χ1) is 12.2. The molecule has 0 saturated carbocycles. The van der Waals surface area contributed by atoms with E-state index in [2.05, 4.69) is 20.8 Å². The SMILES string of the molecule is COc1ccccc1Nc1ccc(NC(=O)c2ccccc2C)nn1. The maximum Gasteiger partial charge on any atom is 0.257 e. The second kappa shape index (κ2) is 7.44. The first-order valence-electron chi connectivity index (χ1n) is 7.78. The number of benzene rings is 2. The van der Waals surface area contributed by atoms with Crippen LogP contribution in [0.1, 0.15) is 15.9 Å². The van der Waals surface area contributed by atoms with Gasteiger partial charge in [-0.1, -0.05) is 30.3 Å². The molecule has 0 aliphatic carbocycles. The van der Waals surface area contributed by atoms with Crippen molar-refractivity contribution in [3.63, 3.8) is 0 Å². The van der Waals surface area contributed by atoms with Gasteiger partial charge in [-0.3, -0.25) is 4.79 Å². The first kappa shape index (κ1) is 16.4. The highest BCUT2D eigenvalue weighted by atomic mass is 16.5. The summed E-state index contributed by atoms with van der Waals surface area (Å²) in [5, 5.41) is 14.0. The number of ether oxygens (including phenoxy) is 1. The molecule has 6 heteroatoms. The van der Waals surface area contributed by atoms with Crippen molar-refractivity contribution in [2.75, 3.05) is 17.7 Å². The fourth-order valence-corrected chi connectivity index (χ4v) is 2.36. The van der Waals surface area contributed by atoms with Crippen LogP contribution in [-0.4, -0.2) is 23.2 Å². The molecule has 0 spiro atoms. The Bertz CT molecular complexity index is 879. The van der Waals surface area contributed by atoms with Crippen LogP contribution < -0.4 is 15.4 Å². The van der Waals surface area contributed by atoms with E-state index in [0.717, 1.165) is 11.3 Å². The number of rotatable bonds is 5. The third-order valence-electron chi connectivity index (χ3n) is 3.67. The number of carbonyl (C=O) groups excluding carboxylic acids is 1. The number of para-hydroxylation sites is 2. The highest BCUT2D eigenvalue weighted by Gasteiger charge is 2.10. The summed E-state index contributed by atoms with van der Waals surface area (Å²) in [5.74, 6) is 1.44. The second-order valence-electron chi connectivity index (χ2n) is 5.40. The van der Waals surface area contributed by atoms with E-state index in [4.69, 9.17) is 4.74 Å². The fourth-order valence-electron chi connectivity index (χ4n) is 2.36. The Hall–Kier alpha value is -3.41. The standard InChI is InChI=1S/C19H18N4O2/c1-13-7-3-4-8-14(13)19(24)21-18-12-11-17(22-23-18)20-15-9-5-6-10-16(15)25-2/h3-12H,1-2H3,(H,20,22)(H,21,23,24). The van der Waals surface area contributed by atoms with E-state index in [-0.39, 0.29) is 5.91 Å². The van der Waals surface area contributed by atoms with E-state index >= 15 is 0 Å². The van der Waals surface area contributed by atoms with Gasteiger partial charge in [-0.15, -0.1) is 10.2 Å². The van der Waals surface area contributed by atoms with Gasteiger partial charge in [0.2, 0.25) is 0 Å². The molecule has 0 unspecified atom stereocenters. The van der Waals surface area contributed by atoms with Crippen molar-refractivity contribution in [2.24, 2.45) is 0 Å². The quantitative estimate of drug-likeness (QED) is 0.742. The number of carbonyl (C=O) groups is 1. The number of anilines is 3. The fraction of sp³-hybridized carbons (Fsp3) is 0.105. The van der Waals surface area contributed by atoms with Gasteiger partial charge in [-0.2, -0.15) is 0 Å². The molecule has 1 aromatic heterocycles. The molecular formula is C19H18N4O2. The number of hydrogen-bond acceptors (Lipinski definition) is 5. The van der Waals surface area contributed by atoms with Gasteiger partial charge in [0.15, 0.2) is 11.6 Å². The lowest BCUT2D eigenvalue weighted by atomic mass is 10.1. The molecule has 2 aromatic carbocycles. The molecule has 0 saturated heterocycles. The Morgan fingerprint density at radius 3 is 2.32 bits per heavy atom. The van der Waals surface area contributed by atoms with Gasteiger partial charge in [0.25, 0.3) is 5.91 Å². The number of amides is 1. The van der Waals surface area contributed by atoms with Crippen LogP contribution in [0, 0.1) is 6.92 Å². The largest absolute Gasteiger partial charge is 0.495 e. The van der Waals surface area contributed by atoms with Crippen molar-refractivity contribution in [3.05, 3.63) is 71.8 Å². The maximum absolute atomic E-state index is 12.3.